The van der Waals surface area contributed by atoms with Gasteiger partial charge in [-0.05, 0) is 42.3 Å². The SMILES string of the molecule is C=C(N=C(C)c1ccc(-n2c3ccccc3c3ccccc32)cc1)c1ccccc1. The minimum absolute atomic E-state index is 0.777. The van der Waals surface area contributed by atoms with Crippen LogP contribution in [0.4, 0.5) is 0 Å². The van der Waals surface area contributed by atoms with Crippen LogP contribution in [0.15, 0.2) is 115 Å². The molecule has 1 heterocycles. The number of para-hydroxylation sites is 2. The van der Waals surface area contributed by atoms with E-state index >= 15 is 0 Å². The Balaban J connectivity index is 1.54. The molecule has 5 rings (SSSR count). The van der Waals surface area contributed by atoms with Gasteiger partial charge in [0.15, 0.2) is 0 Å². The highest BCUT2D eigenvalue weighted by Crippen LogP contribution is 2.31. The van der Waals surface area contributed by atoms with Gasteiger partial charge in [-0.25, -0.2) is 0 Å². The van der Waals surface area contributed by atoms with Crippen LogP contribution in [-0.2, 0) is 0 Å². The Morgan fingerprint density at radius 2 is 1.17 bits per heavy atom. The van der Waals surface area contributed by atoms with Crippen LogP contribution in [0.5, 0.6) is 0 Å². The van der Waals surface area contributed by atoms with E-state index in [4.69, 9.17) is 4.99 Å². The zero-order chi connectivity index (χ0) is 20.5. The van der Waals surface area contributed by atoms with Crippen LogP contribution in [0.2, 0.25) is 0 Å². The lowest BCUT2D eigenvalue weighted by Crippen LogP contribution is -1.98. The molecule has 0 spiro atoms. The monoisotopic (exact) mass is 386 g/mol. The maximum Gasteiger partial charge on any atom is 0.0633 e. The Morgan fingerprint density at radius 1 is 0.633 bits per heavy atom. The average Bonchev–Trinajstić information content (AvgIpc) is 3.14. The van der Waals surface area contributed by atoms with Crippen LogP contribution >= 0.6 is 0 Å². The van der Waals surface area contributed by atoms with Gasteiger partial charge in [0.1, 0.15) is 0 Å². The van der Waals surface area contributed by atoms with Gasteiger partial charge >= 0.3 is 0 Å². The number of rotatable bonds is 4. The van der Waals surface area contributed by atoms with Crippen molar-refractivity contribution in [3.8, 4) is 5.69 Å². The molecule has 1 aromatic heterocycles. The van der Waals surface area contributed by atoms with Gasteiger partial charge in [-0.3, -0.25) is 4.99 Å². The zero-order valence-corrected chi connectivity index (χ0v) is 16.9. The highest BCUT2D eigenvalue weighted by atomic mass is 15.0. The van der Waals surface area contributed by atoms with E-state index in [9.17, 15) is 0 Å². The Labute approximate surface area is 176 Å². The van der Waals surface area contributed by atoms with E-state index in [0.717, 1.165) is 28.2 Å². The topological polar surface area (TPSA) is 17.3 Å². The molecule has 4 aromatic carbocycles. The smallest absolute Gasteiger partial charge is 0.0633 e. The van der Waals surface area contributed by atoms with Gasteiger partial charge < -0.3 is 4.57 Å². The second-order valence-electron chi connectivity index (χ2n) is 7.43. The molecule has 2 heteroatoms. The van der Waals surface area contributed by atoms with Crippen molar-refractivity contribution in [1.29, 1.82) is 0 Å². The maximum absolute atomic E-state index is 4.73. The molecule has 0 amide bonds. The van der Waals surface area contributed by atoms with Gasteiger partial charge in [0, 0.05) is 22.2 Å². The van der Waals surface area contributed by atoms with E-state index in [-0.39, 0.29) is 0 Å². The summed E-state index contributed by atoms with van der Waals surface area (Å²) < 4.78 is 2.32. The summed E-state index contributed by atoms with van der Waals surface area (Å²) in [6, 6.07) is 35.8. The van der Waals surface area contributed by atoms with Crippen molar-refractivity contribution in [2.24, 2.45) is 4.99 Å². The van der Waals surface area contributed by atoms with Crippen LogP contribution in [-0.4, -0.2) is 10.3 Å². The van der Waals surface area contributed by atoms with Crippen LogP contribution < -0.4 is 0 Å². The first-order chi connectivity index (χ1) is 14.7. The van der Waals surface area contributed by atoms with Crippen molar-refractivity contribution in [3.63, 3.8) is 0 Å². The first kappa shape index (κ1) is 18.1. The summed E-state index contributed by atoms with van der Waals surface area (Å²) in [6.45, 7) is 6.16. The molecule has 0 aliphatic carbocycles. The van der Waals surface area contributed by atoms with Gasteiger partial charge in [0.2, 0.25) is 0 Å². The lowest BCUT2D eigenvalue weighted by Gasteiger charge is -2.09. The fourth-order valence-corrected chi connectivity index (χ4v) is 4.01. The molecule has 0 aliphatic heterocycles. The van der Waals surface area contributed by atoms with E-state index in [1.165, 1.54) is 21.8 Å². The molecule has 0 saturated heterocycles. The highest BCUT2D eigenvalue weighted by Gasteiger charge is 2.11. The predicted molar refractivity (Wildman–Crippen MR) is 128 cm³/mol. The molecule has 0 aliphatic rings. The Hall–Kier alpha value is -3.91. The van der Waals surface area contributed by atoms with Gasteiger partial charge in [-0.2, -0.15) is 0 Å². The van der Waals surface area contributed by atoms with Crippen molar-refractivity contribution in [3.05, 3.63) is 121 Å². The molecule has 144 valence electrons. The largest absolute Gasteiger partial charge is 0.309 e. The number of fused-ring (bicyclic) bond motifs is 3. The summed E-state index contributed by atoms with van der Waals surface area (Å²) in [7, 11) is 0. The zero-order valence-electron chi connectivity index (χ0n) is 16.9. The number of benzene rings is 4. The summed E-state index contributed by atoms with van der Waals surface area (Å²) >= 11 is 0. The normalized spacial score (nSPS) is 11.8. The van der Waals surface area contributed by atoms with Gasteiger partial charge in [0.25, 0.3) is 0 Å². The molecule has 0 saturated carbocycles. The number of aromatic nitrogens is 1. The molecule has 2 nitrogen and oxygen atoms in total. The summed E-state index contributed by atoms with van der Waals surface area (Å²) in [4.78, 5) is 4.73. The second-order valence-corrected chi connectivity index (χ2v) is 7.43. The third-order valence-corrected chi connectivity index (χ3v) is 5.53. The summed E-state index contributed by atoms with van der Waals surface area (Å²) in [5.74, 6) is 0. The minimum atomic E-state index is 0.777. The maximum atomic E-state index is 4.73. The molecular formula is C28H22N2. The molecule has 5 aromatic rings. The van der Waals surface area contributed by atoms with Crippen molar-refractivity contribution in [2.45, 2.75) is 6.92 Å². The van der Waals surface area contributed by atoms with Crippen LogP contribution in [0.3, 0.4) is 0 Å². The number of aliphatic imine (C=N–C) groups is 1. The third kappa shape index (κ3) is 3.13. The molecular weight excluding hydrogens is 364 g/mol. The van der Waals surface area contributed by atoms with E-state index in [1.807, 2.05) is 37.3 Å². The first-order valence-electron chi connectivity index (χ1n) is 10.1. The van der Waals surface area contributed by atoms with Crippen molar-refractivity contribution in [2.75, 3.05) is 0 Å². The standard InChI is InChI=1S/C28H22N2/c1-20(22-10-4-3-5-11-22)29-21(2)23-16-18-24(19-17-23)30-27-14-8-6-12-25(27)26-13-7-9-15-28(26)30/h3-19H,1H2,2H3. The van der Waals surface area contributed by atoms with Crippen LogP contribution in [0.25, 0.3) is 33.2 Å². The molecule has 0 N–H and O–H groups in total. The fraction of sp³-hybridized carbons (Fsp3) is 0.0357. The molecule has 0 bridgehead atoms. The summed E-state index contributed by atoms with van der Waals surface area (Å²) in [6.07, 6.45) is 0. The lowest BCUT2D eigenvalue weighted by molar-refractivity contribution is 1.18. The molecule has 0 unspecified atom stereocenters. The fourth-order valence-electron chi connectivity index (χ4n) is 4.01. The van der Waals surface area contributed by atoms with Gasteiger partial charge in [-0.15, -0.1) is 0 Å². The van der Waals surface area contributed by atoms with Gasteiger partial charge in [-0.1, -0.05) is 85.4 Å². The van der Waals surface area contributed by atoms with Gasteiger partial charge in [0.05, 0.1) is 16.7 Å². The molecule has 30 heavy (non-hydrogen) atoms. The highest BCUT2D eigenvalue weighted by molar-refractivity contribution is 6.09. The number of nitrogens with zero attached hydrogens (tertiary/aromatic N) is 2. The predicted octanol–water partition coefficient (Wildman–Crippen LogP) is 7.26. The Kier molecular flexibility index (Phi) is 4.53. The van der Waals surface area contributed by atoms with E-state index in [0.29, 0.717) is 0 Å². The first-order valence-corrected chi connectivity index (χ1v) is 10.1. The van der Waals surface area contributed by atoms with E-state index < -0.39 is 0 Å². The second kappa shape index (κ2) is 7.49. The van der Waals surface area contributed by atoms with Crippen LogP contribution in [0, 0.1) is 0 Å². The van der Waals surface area contributed by atoms with E-state index in [2.05, 4.69) is 83.9 Å². The van der Waals surface area contributed by atoms with Crippen molar-refractivity contribution in [1.82, 2.24) is 4.57 Å². The lowest BCUT2D eigenvalue weighted by atomic mass is 10.1. The minimum Gasteiger partial charge on any atom is -0.309 e. The quantitative estimate of drug-likeness (QED) is 0.289. The molecule has 0 atom stereocenters. The summed E-state index contributed by atoms with van der Waals surface area (Å²) in [5, 5.41) is 2.54. The molecule has 0 radical (unpaired) electrons. The Morgan fingerprint density at radius 3 is 1.77 bits per heavy atom. The number of hydrogen-bond acceptors (Lipinski definition) is 1. The van der Waals surface area contributed by atoms with Crippen molar-refractivity contribution >= 4 is 33.2 Å². The van der Waals surface area contributed by atoms with Crippen molar-refractivity contribution < 1.29 is 0 Å². The Bertz CT molecular complexity index is 1330. The number of hydrogen-bond donors (Lipinski definition) is 0. The molecule has 0 fully saturated rings. The summed E-state index contributed by atoms with van der Waals surface area (Å²) in [5.41, 5.74) is 7.45. The van der Waals surface area contributed by atoms with Crippen LogP contribution in [0.1, 0.15) is 18.1 Å². The van der Waals surface area contributed by atoms with E-state index in [1.54, 1.807) is 0 Å². The third-order valence-electron chi connectivity index (χ3n) is 5.53. The average molecular weight is 386 g/mol.